The molecule has 2 aromatic carbocycles. The molecule has 0 bridgehead atoms. The van der Waals surface area contributed by atoms with Crippen LogP contribution in [0, 0.1) is 0 Å². The molecule has 0 fully saturated rings. The monoisotopic (exact) mass is 511 g/mol. The van der Waals surface area contributed by atoms with Crippen LogP contribution < -0.4 is 22.5 Å². The average Bonchev–Trinajstić information content (AvgIpc) is 2.84. The summed E-state index contributed by atoms with van der Waals surface area (Å²) in [6.45, 7) is 2.13. The minimum Gasteiger partial charge on any atom is -0.384 e. The van der Waals surface area contributed by atoms with E-state index in [0.717, 1.165) is 16.3 Å². The highest BCUT2D eigenvalue weighted by Gasteiger charge is 2.23. The number of hydrogen-bond donors (Lipinski definition) is 1. The minimum absolute atomic E-state index is 0.163. The topological polar surface area (TPSA) is 122 Å². The van der Waals surface area contributed by atoms with E-state index in [0.29, 0.717) is 28.0 Å². The molecule has 0 amide bonds. The van der Waals surface area contributed by atoms with Crippen molar-refractivity contribution in [1.82, 2.24) is 18.7 Å². The first kappa shape index (κ1) is 24.5. The van der Waals surface area contributed by atoms with Crippen molar-refractivity contribution in [2.45, 2.75) is 25.0 Å². The maximum Gasteiger partial charge on any atom is 0.332 e. The third-order valence-corrected chi connectivity index (χ3v) is 6.63. The molecule has 0 unspecified atom stereocenters. The summed E-state index contributed by atoms with van der Waals surface area (Å²) in [5.41, 5.74) is 5.12. The second kappa shape index (κ2) is 9.93. The molecule has 0 saturated heterocycles. The number of fused-ring (bicyclic) bond motifs is 1. The van der Waals surface area contributed by atoms with Crippen LogP contribution in [0.5, 0.6) is 0 Å². The Hall–Kier alpha value is -3.63. The highest BCUT2D eigenvalue weighted by Crippen LogP contribution is 2.24. The van der Waals surface area contributed by atoms with Gasteiger partial charge in [-0.1, -0.05) is 48.5 Å². The SMILES string of the molecule is CCCn1c(N)c(C(=O)CSc2nc3ccccc3c(=O)n2-c2cccc(Cl)c2)c(=O)n(C)c1=O. The molecule has 0 aliphatic carbocycles. The lowest BCUT2D eigenvalue weighted by Gasteiger charge is -2.15. The molecule has 4 aromatic rings. The van der Waals surface area contributed by atoms with Crippen molar-refractivity contribution < 1.29 is 4.79 Å². The molecule has 0 aliphatic rings. The summed E-state index contributed by atoms with van der Waals surface area (Å²) < 4.78 is 3.47. The van der Waals surface area contributed by atoms with Gasteiger partial charge in [0.1, 0.15) is 11.4 Å². The number of carbonyl (C=O) groups excluding carboxylic acids is 1. The summed E-state index contributed by atoms with van der Waals surface area (Å²) >= 11 is 7.15. The first-order chi connectivity index (χ1) is 16.7. The van der Waals surface area contributed by atoms with Crippen LogP contribution in [-0.4, -0.2) is 30.2 Å². The summed E-state index contributed by atoms with van der Waals surface area (Å²) in [6, 6.07) is 13.6. The van der Waals surface area contributed by atoms with Crippen LogP contribution in [0.4, 0.5) is 5.82 Å². The predicted octanol–water partition coefficient (Wildman–Crippen LogP) is 2.87. The molecule has 180 valence electrons. The van der Waals surface area contributed by atoms with Crippen LogP contribution in [0.1, 0.15) is 23.7 Å². The third-order valence-electron chi connectivity index (χ3n) is 5.45. The number of benzene rings is 2. The van der Waals surface area contributed by atoms with Crippen LogP contribution in [0.3, 0.4) is 0 Å². The summed E-state index contributed by atoms with van der Waals surface area (Å²) in [7, 11) is 1.31. The lowest BCUT2D eigenvalue weighted by Crippen LogP contribution is -2.42. The van der Waals surface area contributed by atoms with Gasteiger partial charge in [0.2, 0.25) is 0 Å². The summed E-state index contributed by atoms with van der Waals surface area (Å²) in [5.74, 6) is -0.961. The Bertz CT molecular complexity index is 1640. The molecule has 11 heteroatoms. The quantitative estimate of drug-likeness (QED) is 0.230. The second-order valence-corrected chi connectivity index (χ2v) is 9.18. The standard InChI is InChI=1S/C24H22ClN5O4S/c1-3-11-29-20(26)19(22(33)28(2)24(29)34)18(31)13-35-23-27-17-10-5-4-9-16(17)21(32)30(23)15-8-6-7-14(25)12-15/h4-10,12H,3,11,13,26H2,1-2H3. The lowest BCUT2D eigenvalue weighted by atomic mass is 10.2. The molecule has 0 spiro atoms. The van der Waals surface area contributed by atoms with Gasteiger partial charge in [0.25, 0.3) is 11.1 Å². The number of ketones is 1. The van der Waals surface area contributed by atoms with Crippen molar-refractivity contribution in [3.05, 3.63) is 90.3 Å². The van der Waals surface area contributed by atoms with Crippen LogP contribution >= 0.6 is 23.4 Å². The minimum atomic E-state index is -0.760. The number of aromatic nitrogens is 4. The molecule has 0 atom stereocenters. The van der Waals surface area contributed by atoms with Crippen LogP contribution in [0.15, 0.2) is 68.1 Å². The normalized spacial score (nSPS) is 11.2. The zero-order valence-corrected chi connectivity index (χ0v) is 20.6. The van der Waals surface area contributed by atoms with Gasteiger partial charge >= 0.3 is 5.69 Å². The number of nitrogens with two attached hydrogens (primary N) is 1. The molecular formula is C24H22ClN5O4S. The zero-order chi connectivity index (χ0) is 25.3. The number of thioether (sulfide) groups is 1. The molecule has 0 radical (unpaired) electrons. The van der Waals surface area contributed by atoms with Crippen LogP contribution in [-0.2, 0) is 13.6 Å². The van der Waals surface area contributed by atoms with E-state index in [4.69, 9.17) is 17.3 Å². The number of rotatable bonds is 7. The summed E-state index contributed by atoms with van der Waals surface area (Å²) in [4.78, 5) is 56.3. The Morgan fingerprint density at radius 3 is 2.54 bits per heavy atom. The Balaban J connectivity index is 1.80. The van der Waals surface area contributed by atoms with E-state index in [1.54, 1.807) is 48.5 Å². The van der Waals surface area contributed by atoms with Gasteiger partial charge in [0.15, 0.2) is 10.9 Å². The Labute approximate surface area is 208 Å². The number of halogens is 1. The number of carbonyl (C=O) groups is 1. The van der Waals surface area contributed by atoms with Gasteiger partial charge in [-0.3, -0.25) is 28.1 Å². The van der Waals surface area contributed by atoms with E-state index < -0.39 is 17.0 Å². The molecule has 0 saturated carbocycles. The first-order valence-electron chi connectivity index (χ1n) is 10.8. The molecule has 2 heterocycles. The molecule has 2 aromatic heterocycles. The van der Waals surface area contributed by atoms with Crippen LogP contribution in [0.25, 0.3) is 16.6 Å². The van der Waals surface area contributed by atoms with E-state index >= 15 is 0 Å². The van der Waals surface area contributed by atoms with E-state index in [1.165, 1.54) is 16.2 Å². The molecule has 4 rings (SSSR count). The van der Waals surface area contributed by atoms with Crippen molar-refractivity contribution in [3.63, 3.8) is 0 Å². The third kappa shape index (κ3) is 4.54. The first-order valence-corrected chi connectivity index (χ1v) is 12.1. The Morgan fingerprint density at radius 1 is 1.09 bits per heavy atom. The fourth-order valence-corrected chi connectivity index (χ4v) is 4.81. The number of para-hydroxylation sites is 1. The van der Waals surface area contributed by atoms with Crippen molar-refractivity contribution in [1.29, 1.82) is 0 Å². The number of nitrogen functional groups attached to an aromatic ring is 1. The molecular weight excluding hydrogens is 490 g/mol. The lowest BCUT2D eigenvalue weighted by molar-refractivity contribution is 0.102. The maximum atomic E-state index is 13.4. The molecule has 0 aliphatic heterocycles. The van der Waals surface area contributed by atoms with Gasteiger partial charge in [-0.2, -0.15) is 0 Å². The smallest absolute Gasteiger partial charge is 0.332 e. The van der Waals surface area contributed by atoms with E-state index in [2.05, 4.69) is 4.98 Å². The number of nitrogens with zero attached hydrogens (tertiary/aromatic N) is 4. The average molecular weight is 512 g/mol. The van der Waals surface area contributed by atoms with Gasteiger partial charge in [-0.05, 0) is 36.8 Å². The highest BCUT2D eigenvalue weighted by molar-refractivity contribution is 7.99. The zero-order valence-electron chi connectivity index (χ0n) is 19.0. The van der Waals surface area contributed by atoms with Gasteiger partial charge in [-0.25, -0.2) is 9.78 Å². The largest absolute Gasteiger partial charge is 0.384 e. The van der Waals surface area contributed by atoms with Crippen molar-refractivity contribution in [2.24, 2.45) is 7.05 Å². The Kier molecular flexibility index (Phi) is 6.95. The van der Waals surface area contributed by atoms with Gasteiger partial charge < -0.3 is 5.73 Å². The van der Waals surface area contributed by atoms with Gasteiger partial charge in [0, 0.05) is 18.6 Å². The fraction of sp³-hybridized carbons (Fsp3) is 0.208. The number of anilines is 1. The van der Waals surface area contributed by atoms with Crippen molar-refractivity contribution in [2.75, 3.05) is 11.5 Å². The molecule has 35 heavy (non-hydrogen) atoms. The van der Waals surface area contributed by atoms with Crippen molar-refractivity contribution in [3.8, 4) is 5.69 Å². The van der Waals surface area contributed by atoms with E-state index in [1.807, 2.05) is 6.92 Å². The number of hydrogen-bond acceptors (Lipinski definition) is 7. The van der Waals surface area contributed by atoms with E-state index in [9.17, 15) is 19.2 Å². The summed E-state index contributed by atoms with van der Waals surface area (Å²) in [5, 5.41) is 1.10. The highest BCUT2D eigenvalue weighted by atomic mass is 35.5. The number of Topliss-reactive ketones (excluding diaryl/α,β-unsaturated/α-hetero) is 1. The second-order valence-electron chi connectivity index (χ2n) is 7.80. The van der Waals surface area contributed by atoms with E-state index in [-0.39, 0.29) is 34.4 Å². The Morgan fingerprint density at radius 2 is 1.83 bits per heavy atom. The summed E-state index contributed by atoms with van der Waals surface area (Å²) in [6.07, 6.45) is 0.595. The fourth-order valence-electron chi connectivity index (χ4n) is 3.74. The predicted molar refractivity (Wildman–Crippen MR) is 138 cm³/mol. The van der Waals surface area contributed by atoms with Crippen LogP contribution in [0.2, 0.25) is 5.02 Å². The van der Waals surface area contributed by atoms with Gasteiger partial charge in [0.05, 0.1) is 22.3 Å². The molecule has 2 N–H and O–H groups in total. The molecule has 9 nitrogen and oxygen atoms in total. The van der Waals surface area contributed by atoms with Gasteiger partial charge in [-0.15, -0.1) is 0 Å². The maximum absolute atomic E-state index is 13.4. The van der Waals surface area contributed by atoms with Crippen molar-refractivity contribution >= 4 is 45.9 Å².